The molecule has 6 heteroatoms. The van der Waals surface area contributed by atoms with E-state index >= 15 is 0 Å². The Morgan fingerprint density at radius 1 is 1.08 bits per heavy atom. The van der Waals surface area contributed by atoms with Crippen molar-refractivity contribution in [2.45, 2.75) is 44.3 Å². The minimum Gasteiger partial charge on any atom is -0.369 e. The molecule has 0 aromatic heterocycles. The molecule has 0 aliphatic carbocycles. The van der Waals surface area contributed by atoms with Gasteiger partial charge in [-0.1, -0.05) is 30.3 Å². The van der Waals surface area contributed by atoms with E-state index in [9.17, 15) is 9.59 Å². The summed E-state index contributed by atoms with van der Waals surface area (Å²) in [5.74, 6) is -0.133. The highest BCUT2D eigenvalue weighted by atomic mass is 16.2. The van der Waals surface area contributed by atoms with Gasteiger partial charge in [0.25, 0.3) is 0 Å². The van der Waals surface area contributed by atoms with Crippen LogP contribution in [0.3, 0.4) is 0 Å². The van der Waals surface area contributed by atoms with Crippen LogP contribution in [0.15, 0.2) is 30.3 Å². The van der Waals surface area contributed by atoms with E-state index in [1.807, 2.05) is 18.2 Å². The maximum Gasteiger partial charge on any atom is 0.237 e. The zero-order chi connectivity index (χ0) is 17.6. The van der Waals surface area contributed by atoms with E-state index < -0.39 is 0 Å². The minimum absolute atomic E-state index is 0.0242. The smallest absolute Gasteiger partial charge is 0.237 e. The van der Waals surface area contributed by atoms with Crippen LogP contribution in [-0.2, 0) is 16.1 Å². The Labute approximate surface area is 149 Å². The maximum absolute atomic E-state index is 12.7. The van der Waals surface area contributed by atoms with Crippen LogP contribution in [0, 0.1) is 0 Å². The molecule has 2 aliphatic rings. The van der Waals surface area contributed by atoms with Gasteiger partial charge in [-0.3, -0.25) is 19.4 Å². The molecule has 2 amide bonds. The predicted molar refractivity (Wildman–Crippen MR) is 96.7 cm³/mol. The summed E-state index contributed by atoms with van der Waals surface area (Å²) in [6, 6.07) is 10.5. The third-order valence-corrected chi connectivity index (χ3v) is 5.21. The lowest BCUT2D eigenvalue weighted by atomic mass is 10.0. The van der Waals surface area contributed by atoms with Crippen molar-refractivity contribution in [3.05, 3.63) is 35.9 Å². The van der Waals surface area contributed by atoms with Gasteiger partial charge in [0.15, 0.2) is 0 Å². The van der Waals surface area contributed by atoms with Crippen molar-refractivity contribution < 1.29 is 9.59 Å². The van der Waals surface area contributed by atoms with Crippen LogP contribution in [0.1, 0.15) is 31.2 Å². The molecule has 6 nitrogen and oxygen atoms in total. The number of benzene rings is 1. The van der Waals surface area contributed by atoms with Crippen LogP contribution in [-0.4, -0.2) is 59.9 Å². The van der Waals surface area contributed by atoms with Crippen molar-refractivity contribution in [2.24, 2.45) is 5.73 Å². The molecule has 25 heavy (non-hydrogen) atoms. The SMILES string of the molecule is NC(=O)CN1CCC(NC(=O)[C@H]2CCCN2Cc2ccccc2)CC1. The van der Waals surface area contributed by atoms with Gasteiger partial charge in [-0.15, -0.1) is 0 Å². The molecule has 0 bridgehead atoms. The Bertz CT molecular complexity index is 584. The summed E-state index contributed by atoms with van der Waals surface area (Å²) in [5.41, 5.74) is 6.50. The van der Waals surface area contributed by atoms with Crippen molar-refractivity contribution in [3.8, 4) is 0 Å². The molecule has 0 spiro atoms. The maximum atomic E-state index is 12.7. The van der Waals surface area contributed by atoms with Crippen LogP contribution in [0.5, 0.6) is 0 Å². The van der Waals surface area contributed by atoms with E-state index in [4.69, 9.17) is 5.73 Å². The van der Waals surface area contributed by atoms with Gasteiger partial charge in [-0.25, -0.2) is 0 Å². The fourth-order valence-electron chi connectivity index (χ4n) is 3.88. The Morgan fingerprint density at radius 3 is 2.48 bits per heavy atom. The zero-order valence-corrected chi connectivity index (χ0v) is 14.7. The van der Waals surface area contributed by atoms with Gasteiger partial charge >= 0.3 is 0 Å². The van der Waals surface area contributed by atoms with Crippen molar-refractivity contribution in [2.75, 3.05) is 26.2 Å². The molecule has 2 saturated heterocycles. The van der Waals surface area contributed by atoms with E-state index in [1.165, 1.54) is 5.56 Å². The first-order chi connectivity index (χ1) is 12.1. The third kappa shape index (κ3) is 5.03. The summed E-state index contributed by atoms with van der Waals surface area (Å²) in [4.78, 5) is 28.1. The first kappa shape index (κ1) is 17.9. The van der Waals surface area contributed by atoms with Crippen LogP contribution in [0.2, 0.25) is 0 Å². The van der Waals surface area contributed by atoms with Crippen molar-refractivity contribution in [1.29, 1.82) is 0 Å². The van der Waals surface area contributed by atoms with Gasteiger partial charge in [0, 0.05) is 25.7 Å². The number of nitrogens with zero attached hydrogens (tertiary/aromatic N) is 2. The molecular formula is C19H28N4O2. The lowest BCUT2D eigenvalue weighted by molar-refractivity contribution is -0.127. The molecular weight excluding hydrogens is 316 g/mol. The van der Waals surface area contributed by atoms with Crippen molar-refractivity contribution in [1.82, 2.24) is 15.1 Å². The topological polar surface area (TPSA) is 78.7 Å². The molecule has 2 heterocycles. The molecule has 0 unspecified atom stereocenters. The average Bonchev–Trinajstić information content (AvgIpc) is 3.05. The van der Waals surface area contributed by atoms with Crippen LogP contribution in [0.4, 0.5) is 0 Å². The molecule has 2 fully saturated rings. The molecule has 1 aromatic rings. The first-order valence-electron chi connectivity index (χ1n) is 9.21. The van der Waals surface area contributed by atoms with Crippen molar-refractivity contribution >= 4 is 11.8 Å². The van der Waals surface area contributed by atoms with Crippen LogP contribution < -0.4 is 11.1 Å². The third-order valence-electron chi connectivity index (χ3n) is 5.21. The molecule has 0 saturated carbocycles. The Morgan fingerprint density at radius 2 is 1.80 bits per heavy atom. The Kier molecular flexibility index (Phi) is 6.04. The van der Waals surface area contributed by atoms with E-state index in [0.29, 0.717) is 6.54 Å². The van der Waals surface area contributed by atoms with Gasteiger partial charge < -0.3 is 11.1 Å². The van der Waals surface area contributed by atoms with Gasteiger partial charge in [-0.2, -0.15) is 0 Å². The first-order valence-corrected chi connectivity index (χ1v) is 9.21. The fourth-order valence-corrected chi connectivity index (χ4v) is 3.88. The zero-order valence-electron chi connectivity index (χ0n) is 14.7. The summed E-state index contributed by atoms with van der Waals surface area (Å²) >= 11 is 0. The summed E-state index contributed by atoms with van der Waals surface area (Å²) in [5, 5.41) is 3.23. The minimum atomic E-state index is -0.287. The molecule has 3 N–H and O–H groups in total. The number of carbonyl (C=O) groups is 2. The summed E-state index contributed by atoms with van der Waals surface area (Å²) in [6.45, 7) is 3.74. The normalized spacial score (nSPS) is 22.8. The predicted octanol–water partition coefficient (Wildman–Crippen LogP) is 0.717. The fraction of sp³-hybridized carbons (Fsp3) is 0.579. The molecule has 0 radical (unpaired) electrons. The molecule has 2 aliphatic heterocycles. The summed E-state index contributed by atoms with van der Waals surface area (Å²) in [7, 11) is 0. The molecule has 3 rings (SSSR count). The number of hydrogen-bond acceptors (Lipinski definition) is 4. The lowest BCUT2D eigenvalue weighted by Gasteiger charge is -2.33. The number of primary amides is 1. The Hall–Kier alpha value is -1.92. The number of hydrogen-bond donors (Lipinski definition) is 2. The number of amides is 2. The van der Waals surface area contributed by atoms with Crippen LogP contribution in [0.25, 0.3) is 0 Å². The van der Waals surface area contributed by atoms with E-state index in [2.05, 4.69) is 27.2 Å². The number of carbonyl (C=O) groups excluding carboxylic acids is 2. The largest absolute Gasteiger partial charge is 0.369 e. The second-order valence-corrected chi connectivity index (χ2v) is 7.14. The highest BCUT2D eigenvalue weighted by Gasteiger charge is 2.32. The highest BCUT2D eigenvalue weighted by Crippen LogP contribution is 2.21. The number of likely N-dealkylation sites (tertiary alicyclic amines) is 2. The molecule has 1 atom stereocenters. The van der Waals surface area contributed by atoms with Gasteiger partial charge in [0.2, 0.25) is 11.8 Å². The highest BCUT2D eigenvalue weighted by molar-refractivity contribution is 5.82. The summed E-state index contributed by atoms with van der Waals surface area (Å²) < 4.78 is 0. The molecule has 1 aromatic carbocycles. The number of nitrogens with one attached hydrogen (secondary N) is 1. The second-order valence-electron chi connectivity index (χ2n) is 7.14. The monoisotopic (exact) mass is 344 g/mol. The summed E-state index contributed by atoms with van der Waals surface area (Å²) in [6.07, 6.45) is 3.76. The average molecular weight is 344 g/mol. The second kappa shape index (κ2) is 8.45. The van der Waals surface area contributed by atoms with E-state index in [1.54, 1.807) is 0 Å². The van der Waals surface area contributed by atoms with Crippen LogP contribution >= 0.6 is 0 Å². The number of nitrogens with two attached hydrogens (primary N) is 1. The van der Waals surface area contributed by atoms with Gasteiger partial charge in [-0.05, 0) is 37.8 Å². The number of rotatable bonds is 6. The lowest BCUT2D eigenvalue weighted by Crippen LogP contribution is -2.51. The molecule has 136 valence electrons. The number of piperidine rings is 1. The quantitative estimate of drug-likeness (QED) is 0.797. The van der Waals surface area contributed by atoms with Gasteiger partial charge in [0.1, 0.15) is 0 Å². The van der Waals surface area contributed by atoms with Gasteiger partial charge in [0.05, 0.1) is 12.6 Å². The van der Waals surface area contributed by atoms with E-state index in [0.717, 1.165) is 51.9 Å². The van der Waals surface area contributed by atoms with Crippen molar-refractivity contribution in [3.63, 3.8) is 0 Å². The van der Waals surface area contributed by atoms with E-state index in [-0.39, 0.29) is 23.9 Å². The standard InChI is InChI=1S/C19H28N4O2/c20-18(24)14-22-11-8-16(9-12-22)21-19(25)17-7-4-10-23(17)13-15-5-2-1-3-6-15/h1-3,5-6,16-17H,4,7-14H2,(H2,20,24)(H,21,25)/t17-/m1/s1. The Balaban J connectivity index is 1.48.